The van der Waals surface area contributed by atoms with Crippen LogP contribution in [0.4, 0.5) is 0 Å². The molecule has 0 aliphatic heterocycles. The third-order valence-corrected chi connectivity index (χ3v) is 3.33. The van der Waals surface area contributed by atoms with Crippen LogP contribution in [0.25, 0.3) is 0 Å². The highest BCUT2D eigenvalue weighted by molar-refractivity contribution is 5.27. The van der Waals surface area contributed by atoms with Crippen molar-refractivity contribution in [3.63, 3.8) is 0 Å². The van der Waals surface area contributed by atoms with E-state index in [1.54, 1.807) is 0 Å². The largest absolute Gasteiger partial charge is 0.494 e. The van der Waals surface area contributed by atoms with Crippen molar-refractivity contribution in [1.82, 2.24) is 9.55 Å². The van der Waals surface area contributed by atoms with Gasteiger partial charge >= 0.3 is 0 Å². The van der Waals surface area contributed by atoms with Crippen LogP contribution in [0.1, 0.15) is 24.7 Å². The summed E-state index contributed by atoms with van der Waals surface area (Å²) in [5.41, 5.74) is 7.35. The highest BCUT2D eigenvalue weighted by Gasteiger charge is 2.08. The Labute approximate surface area is 120 Å². The van der Waals surface area contributed by atoms with Crippen LogP contribution in [0.2, 0.25) is 0 Å². The van der Waals surface area contributed by atoms with Gasteiger partial charge in [0.25, 0.3) is 0 Å². The summed E-state index contributed by atoms with van der Waals surface area (Å²) in [7, 11) is 0. The number of benzene rings is 1. The molecular weight excluding hydrogens is 250 g/mol. The van der Waals surface area contributed by atoms with E-state index in [0.717, 1.165) is 31.0 Å². The Morgan fingerprint density at radius 1 is 1.40 bits per heavy atom. The third-order valence-electron chi connectivity index (χ3n) is 3.33. The van der Waals surface area contributed by atoms with Gasteiger partial charge in [-0.3, -0.25) is 0 Å². The fourth-order valence-corrected chi connectivity index (χ4v) is 2.19. The van der Waals surface area contributed by atoms with Gasteiger partial charge in [-0.15, -0.1) is 0 Å². The molecule has 0 spiro atoms. The molecule has 0 saturated carbocycles. The number of hydrogen-bond acceptors (Lipinski definition) is 3. The normalized spacial score (nSPS) is 12.3. The number of rotatable bonds is 7. The number of aryl methyl sites for hydroxylation is 2. The van der Waals surface area contributed by atoms with E-state index in [2.05, 4.69) is 29.5 Å². The van der Waals surface area contributed by atoms with Crippen LogP contribution in [-0.2, 0) is 13.0 Å². The number of nitrogens with zero attached hydrogens (tertiary/aromatic N) is 2. The lowest BCUT2D eigenvalue weighted by Gasteiger charge is -2.13. The van der Waals surface area contributed by atoms with Crippen LogP contribution < -0.4 is 10.5 Å². The molecule has 1 atom stereocenters. The topological polar surface area (TPSA) is 53.1 Å². The minimum Gasteiger partial charge on any atom is -0.494 e. The Morgan fingerprint density at radius 2 is 2.25 bits per heavy atom. The summed E-state index contributed by atoms with van der Waals surface area (Å²) >= 11 is 0. The molecule has 0 radical (unpaired) electrons. The summed E-state index contributed by atoms with van der Waals surface area (Å²) in [4.78, 5) is 4.35. The van der Waals surface area contributed by atoms with Crippen molar-refractivity contribution in [2.45, 2.75) is 39.3 Å². The van der Waals surface area contributed by atoms with Crippen molar-refractivity contribution in [3.05, 3.63) is 48.0 Å². The summed E-state index contributed by atoms with van der Waals surface area (Å²) in [6, 6.07) is 8.15. The molecule has 1 heterocycles. The van der Waals surface area contributed by atoms with Gasteiger partial charge in [-0.25, -0.2) is 4.98 Å². The van der Waals surface area contributed by atoms with E-state index in [1.165, 1.54) is 5.56 Å². The van der Waals surface area contributed by atoms with Crippen LogP contribution >= 0.6 is 0 Å². The molecule has 4 nitrogen and oxygen atoms in total. The lowest BCUT2D eigenvalue weighted by atomic mass is 10.1. The molecule has 0 saturated heterocycles. The first kappa shape index (κ1) is 14.6. The first-order valence-electron chi connectivity index (χ1n) is 7.14. The molecule has 2 N–H and O–H groups in total. The molecule has 2 rings (SSSR count). The third kappa shape index (κ3) is 4.10. The summed E-state index contributed by atoms with van der Waals surface area (Å²) in [6.07, 6.45) is 5.43. The second kappa shape index (κ2) is 7.10. The standard InChI is InChI=1S/C16H23N3O/c1-3-19-9-8-18-16(19)12-14(17)7-10-20-15-6-4-5-13(2)11-15/h4-6,8-9,11,14H,3,7,10,12,17H2,1-2H3. The van der Waals surface area contributed by atoms with Crippen molar-refractivity contribution in [3.8, 4) is 5.75 Å². The molecule has 4 heteroatoms. The van der Waals surface area contributed by atoms with Crippen molar-refractivity contribution < 1.29 is 4.74 Å². The molecule has 1 aromatic carbocycles. The first-order chi connectivity index (χ1) is 9.69. The van der Waals surface area contributed by atoms with Gasteiger partial charge in [0.1, 0.15) is 11.6 Å². The van der Waals surface area contributed by atoms with Gasteiger partial charge in [0, 0.05) is 31.4 Å². The average molecular weight is 273 g/mol. The average Bonchev–Trinajstić information content (AvgIpc) is 2.86. The highest BCUT2D eigenvalue weighted by Crippen LogP contribution is 2.13. The molecule has 20 heavy (non-hydrogen) atoms. The zero-order valence-corrected chi connectivity index (χ0v) is 12.2. The van der Waals surface area contributed by atoms with Crippen LogP contribution in [-0.4, -0.2) is 22.2 Å². The van der Waals surface area contributed by atoms with Crippen molar-refractivity contribution in [2.75, 3.05) is 6.61 Å². The van der Waals surface area contributed by atoms with Crippen LogP contribution in [0.15, 0.2) is 36.7 Å². The molecule has 0 fully saturated rings. The maximum atomic E-state index is 6.15. The van der Waals surface area contributed by atoms with Crippen LogP contribution in [0.3, 0.4) is 0 Å². The maximum Gasteiger partial charge on any atom is 0.119 e. The van der Waals surface area contributed by atoms with Gasteiger partial charge < -0.3 is 15.0 Å². The Hall–Kier alpha value is -1.81. The van der Waals surface area contributed by atoms with E-state index in [9.17, 15) is 0 Å². The molecule has 0 amide bonds. The van der Waals surface area contributed by atoms with E-state index < -0.39 is 0 Å². The SMILES string of the molecule is CCn1ccnc1CC(N)CCOc1cccc(C)c1. The van der Waals surface area contributed by atoms with E-state index in [4.69, 9.17) is 10.5 Å². The maximum absolute atomic E-state index is 6.15. The summed E-state index contributed by atoms with van der Waals surface area (Å²) in [5, 5.41) is 0. The number of hydrogen-bond donors (Lipinski definition) is 1. The van der Waals surface area contributed by atoms with E-state index in [1.807, 2.05) is 30.6 Å². The molecule has 1 unspecified atom stereocenters. The van der Waals surface area contributed by atoms with Crippen LogP contribution in [0.5, 0.6) is 5.75 Å². The second-order valence-electron chi connectivity index (χ2n) is 5.05. The van der Waals surface area contributed by atoms with Gasteiger partial charge in [-0.1, -0.05) is 12.1 Å². The van der Waals surface area contributed by atoms with Crippen molar-refractivity contribution in [1.29, 1.82) is 0 Å². The lowest BCUT2D eigenvalue weighted by Crippen LogP contribution is -2.26. The van der Waals surface area contributed by atoms with Crippen LogP contribution in [0, 0.1) is 6.92 Å². The quantitative estimate of drug-likeness (QED) is 0.843. The first-order valence-corrected chi connectivity index (χ1v) is 7.14. The summed E-state index contributed by atoms with van der Waals surface area (Å²) in [5.74, 6) is 1.96. The molecule has 108 valence electrons. The van der Waals surface area contributed by atoms with Gasteiger partial charge in [-0.2, -0.15) is 0 Å². The van der Waals surface area contributed by atoms with Crippen molar-refractivity contribution >= 4 is 0 Å². The smallest absolute Gasteiger partial charge is 0.119 e. The second-order valence-corrected chi connectivity index (χ2v) is 5.05. The Balaban J connectivity index is 1.76. The fraction of sp³-hybridized carbons (Fsp3) is 0.438. The van der Waals surface area contributed by atoms with Gasteiger partial charge in [-0.05, 0) is 38.0 Å². The molecule has 1 aromatic heterocycles. The predicted octanol–water partition coefficient (Wildman–Crippen LogP) is 2.55. The fourth-order valence-electron chi connectivity index (χ4n) is 2.19. The van der Waals surface area contributed by atoms with E-state index >= 15 is 0 Å². The summed E-state index contributed by atoms with van der Waals surface area (Å²) < 4.78 is 7.85. The predicted molar refractivity (Wildman–Crippen MR) is 80.9 cm³/mol. The molecule has 0 aliphatic rings. The monoisotopic (exact) mass is 273 g/mol. The lowest BCUT2D eigenvalue weighted by molar-refractivity contribution is 0.296. The Kier molecular flexibility index (Phi) is 5.18. The minimum absolute atomic E-state index is 0.0764. The number of imidazole rings is 1. The minimum atomic E-state index is 0.0764. The zero-order valence-electron chi connectivity index (χ0n) is 12.2. The Bertz CT molecular complexity index is 536. The number of nitrogens with two attached hydrogens (primary N) is 1. The molecular formula is C16H23N3O. The Morgan fingerprint density at radius 3 is 3.00 bits per heavy atom. The van der Waals surface area contributed by atoms with E-state index in [0.29, 0.717) is 6.61 Å². The van der Waals surface area contributed by atoms with Gasteiger partial charge in [0.15, 0.2) is 0 Å². The van der Waals surface area contributed by atoms with Gasteiger partial charge in [0.2, 0.25) is 0 Å². The number of ether oxygens (including phenoxy) is 1. The summed E-state index contributed by atoms with van der Waals surface area (Å²) in [6.45, 7) is 5.74. The van der Waals surface area contributed by atoms with Crippen molar-refractivity contribution in [2.24, 2.45) is 5.73 Å². The van der Waals surface area contributed by atoms with E-state index in [-0.39, 0.29) is 6.04 Å². The number of aromatic nitrogens is 2. The molecule has 2 aromatic rings. The molecule has 0 aliphatic carbocycles. The highest BCUT2D eigenvalue weighted by atomic mass is 16.5. The molecule has 0 bridgehead atoms. The van der Waals surface area contributed by atoms with Gasteiger partial charge in [0.05, 0.1) is 6.61 Å². The zero-order chi connectivity index (χ0) is 14.4.